The lowest BCUT2D eigenvalue weighted by molar-refractivity contribution is 0.383. The van der Waals surface area contributed by atoms with E-state index in [0.29, 0.717) is 43.4 Å². The first-order chi connectivity index (χ1) is 14.3. The third-order valence-electron chi connectivity index (χ3n) is 5.19. The summed E-state index contributed by atoms with van der Waals surface area (Å²) in [6, 6.07) is 9.51. The van der Waals surface area contributed by atoms with Gasteiger partial charge in [0.2, 0.25) is 10.0 Å². The van der Waals surface area contributed by atoms with E-state index in [9.17, 15) is 12.8 Å². The lowest BCUT2D eigenvalue weighted by Gasteiger charge is -2.34. The number of hydrogen-bond acceptors (Lipinski definition) is 6. The fraction of sp³-hybridized carbons (Fsp3) is 0.350. The number of sulfonamides is 1. The Morgan fingerprint density at radius 1 is 0.900 bits per heavy atom. The van der Waals surface area contributed by atoms with Crippen LogP contribution in [0.4, 0.5) is 10.2 Å². The Bertz CT molecular complexity index is 1170. The van der Waals surface area contributed by atoms with E-state index in [1.807, 2.05) is 36.9 Å². The highest BCUT2D eigenvalue weighted by molar-refractivity contribution is 7.89. The summed E-state index contributed by atoms with van der Waals surface area (Å²) >= 11 is 0. The van der Waals surface area contributed by atoms with E-state index < -0.39 is 15.8 Å². The monoisotopic (exact) mass is 430 g/mol. The number of aromatic nitrogens is 4. The van der Waals surface area contributed by atoms with Gasteiger partial charge < -0.3 is 4.90 Å². The number of rotatable bonds is 4. The molecule has 0 saturated carbocycles. The zero-order valence-corrected chi connectivity index (χ0v) is 17.9. The van der Waals surface area contributed by atoms with Crippen molar-refractivity contribution in [2.24, 2.45) is 0 Å². The Hall–Kier alpha value is -2.85. The van der Waals surface area contributed by atoms with Crippen molar-refractivity contribution in [2.75, 3.05) is 31.1 Å². The minimum Gasteiger partial charge on any atom is -0.352 e. The number of piperazine rings is 1. The van der Waals surface area contributed by atoms with E-state index in [2.05, 4.69) is 15.3 Å². The molecule has 158 valence electrons. The van der Waals surface area contributed by atoms with Crippen LogP contribution in [0.5, 0.6) is 0 Å². The molecule has 0 bridgehead atoms. The van der Waals surface area contributed by atoms with Crippen LogP contribution in [0, 0.1) is 26.6 Å². The summed E-state index contributed by atoms with van der Waals surface area (Å²) in [5.74, 6) is 0.752. The largest absolute Gasteiger partial charge is 0.352 e. The molecule has 1 aliphatic heterocycles. The summed E-state index contributed by atoms with van der Waals surface area (Å²) < 4.78 is 42.6. The Balaban J connectivity index is 1.47. The summed E-state index contributed by atoms with van der Waals surface area (Å²) in [5, 5.41) is 13.0. The predicted octanol–water partition coefficient (Wildman–Crippen LogP) is 2.24. The minimum absolute atomic E-state index is 0.0185. The molecule has 10 heteroatoms. The van der Waals surface area contributed by atoms with Gasteiger partial charge in [0, 0.05) is 31.9 Å². The molecule has 30 heavy (non-hydrogen) atoms. The molecular weight excluding hydrogens is 407 g/mol. The summed E-state index contributed by atoms with van der Waals surface area (Å²) in [5.41, 5.74) is 2.41. The van der Waals surface area contributed by atoms with Crippen LogP contribution < -0.4 is 4.90 Å². The number of hydrogen-bond donors (Lipinski definition) is 0. The summed E-state index contributed by atoms with van der Waals surface area (Å²) in [4.78, 5) is 2.01. The van der Waals surface area contributed by atoms with Gasteiger partial charge >= 0.3 is 0 Å². The maximum absolute atomic E-state index is 13.6. The molecule has 4 rings (SSSR count). The molecule has 3 aromatic rings. The number of anilines is 1. The van der Waals surface area contributed by atoms with E-state index >= 15 is 0 Å². The molecule has 1 fully saturated rings. The van der Waals surface area contributed by atoms with Crippen LogP contribution in [-0.2, 0) is 10.0 Å². The molecule has 3 heterocycles. The number of aryl methyl sites for hydroxylation is 3. The van der Waals surface area contributed by atoms with Gasteiger partial charge in [-0.05, 0) is 56.7 Å². The average Bonchev–Trinajstić information content (AvgIpc) is 3.08. The highest BCUT2D eigenvalue weighted by atomic mass is 32.2. The molecule has 0 amide bonds. The molecule has 8 nitrogen and oxygen atoms in total. The van der Waals surface area contributed by atoms with Crippen LogP contribution in [0.1, 0.15) is 17.0 Å². The second kappa shape index (κ2) is 7.77. The second-order valence-corrected chi connectivity index (χ2v) is 9.30. The molecule has 1 aliphatic rings. The van der Waals surface area contributed by atoms with Crippen molar-refractivity contribution in [2.45, 2.75) is 25.7 Å². The van der Waals surface area contributed by atoms with Gasteiger partial charge in [0.05, 0.1) is 10.6 Å². The smallest absolute Gasteiger partial charge is 0.243 e. The normalized spacial score (nSPS) is 15.5. The number of halogens is 1. The van der Waals surface area contributed by atoms with E-state index in [1.165, 1.54) is 16.4 Å². The predicted molar refractivity (Wildman–Crippen MR) is 111 cm³/mol. The fourth-order valence-corrected chi connectivity index (χ4v) is 5.27. The zero-order chi connectivity index (χ0) is 21.5. The van der Waals surface area contributed by atoms with E-state index in [-0.39, 0.29) is 4.90 Å². The maximum Gasteiger partial charge on any atom is 0.243 e. The molecule has 1 saturated heterocycles. The summed E-state index contributed by atoms with van der Waals surface area (Å²) in [6.07, 6.45) is 0. The molecule has 0 aliphatic carbocycles. The van der Waals surface area contributed by atoms with E-state index in [4.69, 9.17) is 0 Å². The van der Waals surface area contributed by atoms with Gasteiger partial charge in [-0.15, -0.1) is 10.2 Å². The second-order valence-electron chi connectivity index (χ2n) is 7.39. The third-order valence-corrected chi connectivity index (χ3v) is 7.23. The van der Waals surface area contributed by atoms with Crippen LogP contribution in [0.3, 0.4) is 0 Å². The highest BCUT2D eigenvalue weighted by Gasteiger charge is 2.30. The van der Waals surface area contributed by atoms with Crippen LogP contribution in [0.25, 0.3) is 5.82 Å². The van der Waals surface area contributed by atoms with Crippen molar-refractivity contribution in [1.29, 1.82) is 0 Å². The van der Waals surface area contributed by atoms with Gasteiger partial charge in [-0.2, -0.15) is 9.40 Å². The van der Waals surface area contributed by atoms with Crippen molar-refractivity contribution in [3.8, 4) is 5.82 Å². The molecule has 0 atom stereocenters. The number of nitrogens with zero attached hydrogens (tertiary/aromatic N) is 6. The Morgan fingerprint density at radius 3 is 2.17 bits per heavy atom. The fourth-order valence-electron chi connectivity index (χ4n) is 3.61. The van der Waals surface area contributed by atoms with Gasteiger partial charge in [0.1, 0.15) is 5.82 Å². The zero-order valence-electron chi connectivity index (χ0n) is 17.1. The summed E-state index contributed by atoms with van der Waals surface area (Å²) in [7, 11) is -3.75. The van der Waals surface area contributed by atoms with Crippen molar-refractivity contribution < 1.29 is 12.8 Å². The molecular formula is C20H23FN6O2S. The summed E-state index contributed by atoms with van der Waals surface area (Å²) in [6.45, 7) is 7.07. The maximum atomic E-state index is 13.6. The van der Waals surface area contributed by atoms with Crippen molar-refractivity contribution in [1.82, 2.24) is 24.3 Å². The molecule has 0 spiro atoms. The van der Waals surface area contributed by atoms with Crippen LogP contribution >= 0.6 is 0 Å². The quantitative estimate of drug-likeness (QED) is 0.631. The van der Waals surface area contributed by atoms with Crippen molar-refractivity contribution in [3.05, 3.63) is 59.2 Å². The van der Waals surface area contributed by atoms with Crippen molar-refractivity contribution in [3.63, 3.8) is 0 Å². The van der Waals surface area contributed by atoms with Crippen LogP contribution in [0.2, 0.25) is 0 Å². The lowest BCUT2D eigenvalue weighted by Crippen LogP contribution is -2.49. The molecule has 0 N–H and O–H groups in total. The first kappa shape index (κ1) is 20.4. The number of benzene rings is 1. The van der Waals surface area contributed by atoms with Gasteiger partial charge in [0.25, 0.3) is 0 Å². The van der Waals surface area contributed by atoms with E-state index in [1.54, 1.807) is 11.6 Å². The van der Waals surface area contributed by atoms with E-state index in [0.717, 1.165) is 17.5 Å². The first-order valence-corrected chi connectivity index (χ1v) is 11.1. The molecule has 0 unspecified atom stereocenters. The topological polar surface area (TPSA) is 84.2 Å². The molecule has 1 aromatic carbocycles. The SMILES string of the molecule is Cc1cc(C)n(-c2ccc(N3CCN(S(=O)(=O)c4cc(F)ccc4C)CC3)nn2)n1. The van der Waals surface area contributed by atoms with Crippen LogP contribution in [0.15, 0.2) is 41.3 Å². The Labute approximate surface area is 175 Å². The van der Waals surface area contributed by atoms with Gasteiger partial charge in [0.15, 0.2) is 11.6 Å². The Morgan fingerprint density at radius 2 is 1.57 bits per heavy atom. The van der Waals surface area contributed by atoms with Gasteiger partial charge in [-0.1, -0.05) is 6.07 Å². The van der Waals surface area contributed by atoms with Gasteiger partial charge in [-0.25, -0.2) is 17.5 Å². The minimum atomic E-state index is -3.75. The lowest BCUT2D eigenvalue weighted by atomic mass is 10.2. The van der Waals surface area contributed by atoms with Gasteiger partial charge in [-0.3, -0.25) is 0 Å². The third kappa shape index (κ3) is 3.80. The standard InChI is InChI=1S/C20H23FN6O2S/c1-14-4-5-17(21)13-18(14)30(28,29)26-10-8-25(9-11-26)19-6-7-20(23-22-19)27-16(3)12-15(2)24-27/h4-7,12-13H,8-11H2,1-3H3. The Kier molecular flexibility index (Phi) is 5.29. The average molecular weight is 431 g/mol. The first-order valence-electron chi connectivity index (χ1n) is 9.64. The van der Waals surface area contributed by atoms with Crippen LogP contribution in [-0.4, -0.2) is 58.9 Å². The highest BCUT2D eigenvalue weighted by Crippen LogP contribution is 2.23. The molecule has 0 radical (unpaired) electrons. The molecule has 2 aromatic heterocycles. The van der Waals surface area contributed by atoms with Crippen molar-refractivity contribution >= 4 is 15.8 Å².